The molecule has 0 unspecified atom stereocenters. The lowest BCUT2D eigenvalue weighted by Gasteiger charge is -1.92. The van der Waals surface area contributed by atoms with E-state index in [2.05, 4.69) is 40.2 Å². The third kappa shape index (κ3) is 1.57. The number of fused-ring (bicyclic) bond motifs is 3. The molecule has 3 aromatic rings. The molecule has 0 saturated carbocycles. The molecular weight excluding hydrogens is 292 g/mol. The maximum Gasteiger partial charge on any atom is 0.0420 e. The highest BCUT2D eigenvalue weighted by atomic mass is 79.9. The summed E-state index contributed by atoms with van der Waals surface area (Å²) in [5, 5.41) is 3.38. The first-order chi connectivity index (χ1) is 7.24. The maximum atomic E-state index is 5.97. The van der Waals surface area contributed by atoms with Gasteiger partial charge >= 0.3 is 0 Å². The van der Waals surface area contributed by atoms with E-state index >= 15 is 0 Å². The SMILES string of the molecule is Clc1ccc2c(c1)sc1cc(Br)ccc12. The molecule has 0 fully saturated rings. The van der Waals surface area contributed by atoms with Crippen molar-refractivity contribution in [2.75, 3.05) is 0 Å². The number of halogens is 2. The van der Waals surface area contributed by atoms with Crippen LogP contribution in [0.3, 0.4) is 0 Å². The van der Waals surface area contributed by atoms with Crippen LogP contribution >= 0.6 is 38.9 Å². The Kier molecular flexibility index (Phi) is 2.23. The van der Waals surface area contributed by atoms with Crippen molar-refractivity contribution in [1.82, 2.24) is 0 Å². The summed E-state index contributed by atoms with van der Waals surface area (Å²) in [5.41, 5.74) is 0. The molecule has 0 aliphatic rings. The minimum absolute atomic E-state index is 0.799. The molecular formula is C12H6BrClS. The van der Waals surface area contributed by atoms with Crippen LogP contribution in [0, 0.1) is 0 Å². The summed E-state index contributed by atoms with van der Waals surface area (Å²) >= 11 is 11.2. The van der Waals surface area contributed by atoms with Gasteiger partial charge < -0.3 is 0 Å². The molecule has 1 aromatic heterocycles. The van der Waals surface area contributed by atoms with Crippen LogP contribution in [-0.4, -0.2) is 0 Å². The molecule has 0 N–H and O–H groups in total. The third-order valence-corrected chi connectivity index (χ3v) is 4.24. The summed E-state index contributed by atoms with van der Waals surface area (Å²) in [6.45, 7) is 0. The van der Waals surface area contributed by atoms with Crippen LogP contribution in [0.4, 0.5) is 0 Å². The molecule has 1 heterocycles. The first-order valence-electron chi connectivity index (χ1n) is 4.51. The monoisotopic (exact) mass is 296 g/mol. The van der Waals surface area contributed by atoms with Gasteiger partial charge in [0.25, 0.3) is 0 Å². The van der Waals surface area contributed by atoms with Crippen molar-refractivity contribution in [2.45, 2.75) is 0 Å². The number of rotatable bonds is 0. The zero-order valence-electron chi connectivity index (χ0n) is 7.63. The molecule has 0 aliphatic heterocycles. The highest BCUT2D eigenvalue weighted by Gasteiger charge is 2.05. The molecule has 0 aliphatic carbocycles. The summed E-state index contributed by atoms with van der Waals surface area (Å²) in [6.07, 6.45) is 0. The average Bonchev–Trinajstić information content (AvgIpc) is 2.53. The smallest absolute Gasteiger partial charge is 0.0420 e. The molecule has 0 bridgehead atoms. The van der Waals surface area contributed by atoms with Gasteiger partial charge in [0.05, 0.1) is 0 Å². The summed E-state index contributed by atoms with van der Waals surface area (Å²) in [6, 6.07) is 12.4. The van der Waals surface area contributed by atoms with E-state index in [0.29, 0.717) is 0 Å². The van der Waals surface area contributed by atoms with Crippen molar-refractivity contribution in [3.05, 3.63) is 45.9 Å². The van der Waals surface area contributed by atoms with Gasteiger partial charge in [-0.1, -0.05) is 39.7 Å². The first-order valence-corrected chi connectivity index (χ1v) is 6.50. The van der Waals surface area contributed by atoms with Gasteiger partial charge in [0.15, 0.2) is 0 Å². The second-order valence-electron chi connectivity index (χ2n) is 3.38. The molecule has 0 saturated heterocycles. The van der Waals surface area contributed by atoms with E-state index in [1.807, 2.05) is 12.1 Å². The molecule has 3 rings (SSSR count). The Morgan fingerprint density at radius 1 is 0.933 bits per heavy atom. The lowest BCUT2D eigenvalue weighted by atomic mass is 10.2. The molecule has 0 atom stereocenters. The second-order valence-corrected chi connectivity index (χ2v) is 5.82. The van der Waals surface area contributed by atoms with E-state index in [0.717, 1.165) is 9.50 Å². The average molecular weight is 298 g/mol. The predicted octanol–water partition coefficient (Wildman–Crippen LogP) is 5.47. The number of hydrogen-bond acceptors (Lipinski definition) is 1. The molecule has 0 nitrogen and oxygen atoms in total. The Labute approximate surface area is 105 Å². The van der Waals surface area contributed by atoms with Gasteiger partial charge in [0.2, 0.25) is 0 Å². The normalized spacial score (nSPS) is 11.3. The van der Waals surface area contributed by atoms with E-state index in [-0.39, 0.29) is 0 Å². The Morgan fingerprint density at radius 2 is 1.60 bits per heavy atom. The van der Waals surface area contributed by atoms with E-state index in [4.69, 9.17) is 11.6 Å². The standard InChI is InChI=1S/C12H6BrClS/c13-7-1-3-9-10-4-2-8(14)6-12(10)15-11(9)5-7/h1-6H. The Balaban J connectivity index is 2.51. The predicted molar refractivity (Wildman–Crippen MR) is 72.0 cm³/mol. The van der Waals surface area contributed by atoms with E-state index in [1.54, 1.807) is 11.3 Å². The molecule has 15 heavy (non-hydrogen) atoms. The minimum Gasteiger partial charge on any atom is -0.135 e. The molecule has 74 valence electrons. The van der Waals surface area contributed by atoms with Gasteiger partial charge in [0.1, 0.15) is 0 Å². The zero-order chi connectivity index (χ0) is 10.4. The van der Waals surface area contributed by atoms with Crippen LogP contribution in [0.25, 0.3) is 20.2 Å². The number of benzene rings is 2. The molecule has 0 radical (unpaired) electrons. The van der Waals surface area contributed by atoms with Crippen molar-refractivity contribution in [3.8, 4) is 0 Å². The minimum atomic E-state index is 0.799. The highest BCUT2D eigenvalue weighted by Crippen LogP contribution is 2.36. The zero-order valence-corrected chi connectivity index (χ0v) is 10.8. The lowest BCUT2D eigenvalue weighted by molar-refractivity contribution is 1.77. The quantitative estimate of drug-likeness (QED) is 0.516. The molecule has 3 heteroatoms. The number of hydrogen-bond donors (Lipinski definition) is 0. The van der Waals surface area contributed by atoms with Gasteiger partial charge in [-0.05, 0) is 24.3 Å². The van der Waals surface area contributed by atoms with Crippen molar-refractivity contribution in [2.24, 2.45) is 0 Å². The number of thiophene rings is 1. The molecule has 0 amide bonds. The van der Waals surface area contributed by atoms with Crippen molar-refractivity contribution >= 4 is 59.0 Å². The Bertz CT molecular complexity index is 601. The van der Waals surface area contributed by atoms with Crippen LogP contribution < -0.4 is 0 Å². The van der Waals surface area contributed by atoms with Crippen LogP contribution in [0.1, 0.15) is 0 Å². The molecule has 0 spiro atoms. The van der Waals surface area contributed by atoms with Crippen LogP contribution in [0.2, 0.25) is 5.02 Å². The largest absolute Gasteiger partial charge is 0.135 e. The lowest BCUT2D eigenvalue weighted by Crippen LogP contribution is -1.66. The second kappa shape index (κ2) is 3.48. The van der Waals surface area contributed by atoms with Crippen molar-refractivity contribution < 1.29 is 0 Å². The van der Waals surface area contributed by atoms with E-state index in [9.17, 15) is 0 Å². The van der Waals surface area contributed by atoms with Crippen molar-refractivity contribution in [1.29, 1.82) is 0 Å². The summed E-state index contributed by atoms with van der Waals surface area (Å²) < 4.78 is 3.66. The van der Waals surface area contributed by atoms with Gasteiger partial charge in [0, 0.05) is 29.7 Å². The summed E-state index contributed by atoms with van der Waals surface area (Å²) in [4.78, 5) is 0. The van der Waals surface area contributed by atoms with Crippen LogP contribution in [0.5, 0.6) is 0 Å². The van der Waals surface area contributed by atoms with Crippen LogP contribution in [0.15, 0.2) is 40.9 Å². The Morgan fingerprint density at radius 3 is 2.40 bits per heavy atom. The van der Waals surface area contributed by atoms with Gasteiger partial charge in [-0.2, -0.15) is 0 Å². The fourth-order valence-corrected chi connectivity index (χ4v) is 3.66. The van der Waals surface area contributed by atoms with Gasteiger partial charge in [-0.15, -0.1) is 11.3 Å². The fraction of sp³-hybridized carbons (Fsp3) is 0. The van der Waals surface area contributed by atoms with Gasteiger partial charge in [-0.3, -0.25) is 0 Å². The van der Waals surface area contributed by atoms with E-state index < -0.39 is 0 Å². The first kappa shape index (κ1) is 9.64. The van der Waals surface area contributed by atoms with Crippen LogP contribution in [-0.2, 0) is 0 Å². The summed E-state index contributed by atoms with van der Waals surface area (Å²) in [7, 11) is 0. The third-order valence-electron chi connectivity index (χ3n) is 2.40. The van der Waals surface area contributed by atoms with Crippen molar-refractivity contribution in [3.63, 3.8) is 0 Å². The molecule has 2 aromatic carbocycles. The van der Waals surface area contributed by atoms with Gasteiger partial charge in [-0.25, -0.2) is 0 Å². The Hall–Kier alpha value is -0.570. The fourth-order valence-electron chi connectivity index (χ4n) is 1.72. The summed E-state index contributed by atoms with van der Waals surface area (Å²) in [5.74, 6) is 0. The maximum absolute atomic E-state index is 5.97. The highest BCUT2D eigenvalue weighted by molar-refractivity contribution is 9.10. The topological polar surface area (TPSA) is 0 Å². The van der Waals surface area contributed by atoms with E-state index in [1.165, 1.54) is 20.2 Å².